The molecule has 3 aromatic rings. The number of carbonyl (C=O) groups is 3. The van der Waals surface area contributed by atoms with Crippen LogP contribution in [0.25, 0.3) is 17.1 Å². The quantitative estimate of drug-likeness (QED) is 0.596. The standard InChI is InChI=1S/C22H20FN5O3S/c1-12-10-16(18-13(2)26-27(3)19(18)25-12)20(29)24-8-9-28-21(30)17(32-22(28)31)11-14-4-6-15(23)7-5-14/h4-7,10-11H,8-9H2,1-3H3,(H,24,29)/b17-11-. The van der Waals surface area contributed by atoms with Gasteiger partial charge in [-0.05, 0) is 55.4 Å². The van der Waals surface area contributed by atoms with Gasteiger partial charge >= 0.3 is 0 Å². The maximum Gasteiger partial charge on any atom is 0.293 e. The molecule has 3 amide bonds. The first-order chi connectivity index (χ1) is 15.2. The van der Waals surface area contributed by atoms with Crippen molar-refractivity contribution in [2.45, 2.75) is 13.8 Å². The molecule has 3 heterocycles. The van der Waals surface area contributed by atoms with E-state index in [2.05, 4.69) is 15.4 Å². The highest BCUT2D eigenvalue weighted by molar-refractivity contribution is 8.18. The second-order valence-corrected chi connectivity index (χ2v) is 8.35. The van der Waals surface area contributed by atoms with Crippen LogP contribution < -0.4 is 5.32 Å². The van der Waals surface area contributed by atoms with E-state index in [1.807, 2.05) is 6.92 Å². The van der Waals surface area contributed by atoms with Gasteiger partial charge in [0.05, 0.1) is 21.5 Å². The fourth-order valence-corrected chi connectivity index (χ4v) is 4.39. The number of aryl methyl sites for hydroxylation is 3. The molecule has 8 nitrogen and oxygen atoms in total. The van der Waals surface area contributed by atoms with E-state index in [1.54, 1.807) is 30.8 Å². The maximum atomic E-state index is 13.1. The molecular weight excluding hydrogens is 433 g/mol. The van der Waals surface area contributed by atoms with E-state index in [9.17, 15) is 18.8 Å². The molecule has 1 N–H and O–H groups in total. The number of halogens is 1. The molecule has 32 heavy (non-hydrogen) atoms. The number of fused-ring (bicyclic) bond motifs is 1. The SMILES string of the molecule is Cc1cc(C(=O)NCCN2C(=O)S/C(=C\c3ccc(F)cc3)C2=O)c2c(C)nn(C)c2n1. The van der Waals surface area contributed by atoms with Crippen LogP contribution in [0.15, 0.2) is 35.2 Å². The monoisotopic (exact) mass is 453 g/mol. The van der Waals surface area contributed by atoms with Gasteiger partial charge in [-0.15, -0.1) is 0 Å². The summed E-state index contributed by atoms with van der Waals surface area (Å²) in [7, 11) is 1.77. The maximum absolute atomic E-state index is 13.1. The van der Waals surface area contributed by atoms with Gasteiger partial charge in [-0.3, -0.25) is 24.0 Å². The fourth-order valence-electron chi connectivity index (χ4n) is 3.53. The number of aromatic nitrogens is 3. The highest BCUT2D eigenvalue weighted by Gasteiger charge is 2.34. The molecule has 1 saturated heterocycles. The fraction of sp³-hybridized carbons (Fsp3) is 0.227. The molecule has 1 aromatic carbocycles. The van der Waals surface area contributed by atoms with Crippen molar-refractivity contribution >= 4 is 45.9 Å². The average Bonchev–Trinajstić information content (AvgIpc) is 3.18. The molecular formula is C22H20FN5O3S. The van der Waals surface area contributed by atoms with Crippen LogP contribution in [0.5, 0.6) is 0 Å². The summed E-state index contributed by atoms with van der Waals surface area (Å²) in [6.45, 7) is 3.75. The van der Waals surface area contributed by atoms with Crippen LogP contribution in [0.3, 0.4) is 0 Å². The Morgan fingerprint density at radius 1 is 1.22 bits per heavy atom. The minimum atomic E-state index is -0.441. The third-order valence-corrected chi connectivity index (χ3v) is 5.91. The van der Waals surface area contributed by atoms with Crippen molar-refractivity contribution in [3.8, 4) is 0 Å². The lowest BCUT2D eigenvalue weighted by atomic mass is 10.1. The Balaban J connectivity index is 1.44. The van der Waals surface area contributed by atoms with Gasteiger partial charge in [0.1, 0.15) is 5.82 Å². The Kier molecular flexibility index (Phi) is 5.79. The molecule has 1 aliphatic heterocycles. The van der Waals surface area contributed by atoms with Crippen LogP contribution in [0, 0.1) is 19.7 Å². The van der Waals surface area contributed by atoms with Gasteiger partial charge < -0.3 is 5.32 Å². The van der Waals surface area contributed by atoms with Crippen molar-refractivity contribution in [1.82, 2.24) is 25.0 Å². The highest BCUT2D eigenvalue weighted by atomic mass is 32.2. The zero-order chi connectivity index (χ0) is 23.0. The summed E-state index contributed by atoms with van der Waals surface area (Å²) in [5, 5.41) is 7.36. The van der Waals surface area contributed by atoms with Crippen molar-refractivity contribution in [3.05, 3.63) is 63.6 Å². The van der Waals surface area contributed by atoms with Crippen molar-refractivity contribution in [2.75, 3.05) is 13.1 Å². The Morgan fingerprint density at radius 2 is 1.94 bits per heavy atom. The van der Waals surface area contributed by atoms with Gasteiger partial charge in [0.25, 0.3) is 17.1 Å². The largest absolute Gasteiger partial charge is 0.350 e. The van der Waals surface area contributed by atoms with Crippen LogP contribution in [0.2, 0.25) is 0 Å². The molecule has 0 radical (unpaired) electrons. The first-order valence-corrected chi connectivity index (χ1v) is 10.7. The molecule has 10 heteroatoms. The van der Waals surface area contributed by atoms with Gasteiger partial charge in [-0.1, -0.05) is 12.1 Å². The Bertz CT molecular complexity index is 1280. The van der Waals surface area contributed by atoms with Crippen LogP contribution >= 0.6 is 11.8 Å². The van der Waals surface area contributed by atoms with Crippen molar-refractivity contribution in [2.24, 2.45) is 7.05 Å². The van der Waals surface area contributed by atoms with E-state index >= 15 is 0 Å². The predicted octanol–water partition coefficient (Wildman–Crippen LogP) is 3.19. The topological polar surface area (TPSA) is 97.2 Å². The average molecular weight is 453 g/mol. The summed E-state index contributed by atoms with van der Waals surface area (Å²) in [6, 6.07) is 7.32. The summed E-state index contributed by atoms with van der Waals surface area (Å²) in [5.41, 5.74) is 3.06. The summed E-state index contributed by atoms with van der Waals surface area (Å²) >= 11 is 0.817. The Morgan fingerprint density at radius 3 is 2.66 bits per heavy atom. The van der Waals surface area contributed by atoms with E-state index in [-0.39, 0.29) is 29.7 Å². The number of imide groups is 1. The van der Waals surface area contributed by atoms with Crippen molar-refractivity contribution in [3.63, 3.8) is 0 Å². The normalized spacial score (nSPS) is 15.2. The molecule has 0 aliphatic carbocycles. The van der Waals surface area contributed by atoms with E-state index < -0.39 is 11.1 Å². The number of benzene rings is 1. The zero-order valence-corrected chi connectivity index (χ0v) is 18.5. The minimum Gasteiger partial charge on any atom is -0.350 e. The van der Waals surface area contributed by atoms with Crippen molar-refractivity contribution < 1.29 is 18.8 Å². The van der Waals surface area contributed by atoms with E-state index in [1.165, 1.54) is 24.3 Å². The number of thioether (sulfide) groups is 1. The molecule has 0 atom stereocenters. The second-order valence-electron chi connectivity index (χ2n) is 7.36. The first-order valence-electron chi connectivity index (χ1n) is 9.84. The summed E-state index contributed by atoms with van der Waals surface area (Å²) in [4.78, 5) is 43.5. The first kappa shape index (κ1) is 21.7. The predicted molar refractivity (Wildman–Crippen MR) is 119 cm³/mol. The van der Waals surface area contributed by atoms with E-state index in [4.69, 9.17) is 0 Å². The Hall–Kier alpha value is -3.53. The Labute approximate surface area is 187 Å². The molecule has 2 aromatic heterocycles. The van der Waals surface area contributed by atoms with Crippen LogP contribution in [0.1, 0.15) is 27.3 Å². The minimum absolute atomic E-state index is 0.0381. The molecule has 164 valence electrons. The number of carbonyl (C=O) groups excluding carboxylic acids is 3. The van der Waals surface area contributed by atoms with Gasteiger partial charge in [0, 0.05) is 25.8 Å². The van der Waals surface area contributed by atoms with E-state index in [0.29, 0.717) is 33.5 Å². The molecule has 0 saturated carbocycles. The number of nitrogens with zero attached hydrogens (tertiary/aromatic N) is 4. The lowest BCUT2D eigenvalue weighted by Gasteiger charge is -2.13. The van der Waals surface area contributed by atoms with Crippen LogP contribution in [0.4, 0.5) is 9.18 Å². The number of hydrogen-bond acceptors (Lipinski definition) is 6. The molecule has 1 fully saturated rings. The van der Waals surface area contributed by atoms with Gasteiger partial charge in [0.2, 0.25) is 0 Å². The van der Waals surface area contributed by atoms with Gasteiger partial charge in [0.15, 0.2) is 5.65 Å². The lowest BCUT2D eigenvalue weighted by Crippen LogP contribution is -2.37. The molecule has 0 bridgehead atoms. The lowest BCUT2D eigenvalue weighted by molar-refractivity contribution is -0.122. The number of hydrogen-bond donors (Lipinski definition) is 1. The van der Waals surface area contributed by atoms with Gasteiger partial charge in [-0.25, -0.2) is 9.37 Å². The van der Waals surface area contributed by atoms with E-state index in [0.717, 1.165) is 16.7 Å². The molecule has 1 aliphatic rings. The second kappa shape index (κ2) is 8.54. The summed E-state index contributed by atoms with van der Waals surface area (Å²) in [6.07, 6.45) is 1.55. The van der Waals surface area contributed by atoms with Crippen LogP contribution in [-0.2, 0) is 11.8 Å². The number of rotatable bonds is 5. The van der Waals surface area contributed by atoms with Gasteiger partial charge in [-0.2, -0.15) is 5.10 Å². The number of amides is 3. The smallest absolute Gasteiger partial charge is 0.293 e. The number of pyridine rings is 1. The summed E-state index contributed by atoms with van der Waals surface area (Å²) in [5.74, 6) is -1.15. The molecule has 0 spiro atoms. The van der Waals surface area contributed by atoms with Crippen molar-refractivity contribution in [1.29, 1.82) is 0 Å². The number of nitrogens with one attached hydrogen (secondary N) is 1. The summed E-state index contributed by atoms with van der Waals surface area (Å²) < 4.78 is 14.7. The molecule has 0 unspecified atom stereocenters. The third kappa shape index (κ3) is 4.13. The van der Waals surface area contributed by atoms with Crippen LogP contribution in [-0.4, -0.2) is 49.8 Å². The third-order valence-electron chi connectivity index (χ3n) is 5.00. The highest BCUT2D eigenvalue weighted by Crippen LogP contribution is 2.32. The molecule has 4 rings (SSSR count). The zero-order valence-electron chi connectivity index (χ0n) is 17.7.